The van der Waals surface area contributed by atoms with E-state index >= 15 is 0 Å². The smallest absolute Gasteiger partial charge is 0.282 e. The van der Waals surface area contributed by atoms with Gasteiger partial charge in [-0.3, -0.25) is 14.3 Å². The van der Waals surface area contributed by atoms with Gasteiger partial charge in [-0.25, -0.2) is 22.5 Å². The maximum atomic E-state index is 13.0. The molecule has 1 fully saturated rings. The first-order valence-corrected chi connectivity index (χ1v) is 9.59. The number of amides is 1. The second-order valence-corrected chi connectivity index (χ2v) is 7.49. The monoisotopic (exact) mass is 438 g/mol. The van der Waals surface area contributed by atoms with Crippen molar-refractivity contribution < 1.29 is 27.2 Å². The Hall–Kier alpha value is -2.01. The van der Waals surface area contributed by atoms with Gasteiger partial charge in [-0.05, 0) is 30.5 Å². The lowest BCUT2D eigenvalue weighted by atomic mass is 9.97. The molecule has 2 aromatic heterocycles. The molecule has 1 saturated heterocycles. The quantitative estimate of drug-likeness (QED) is 0.505. The third-order valence-corrected chi connectivity index (χ3v) is 5.68. The highest BCUT2D eigenvalue weighted by molar-refractivity contribution is 7.10. The van der Waals surface area contributed by atoms with Crippen LogP contribution in [0.3, 0.4) is 0 Å². The number of carbonyl (C=O) groups excluding carboxylic acids is 2. The van der Waals surface area contributed by atoms with Gasteiger partial charge in [0.2, 0.25) is 5.91 Å². The van der Waals surface area contributed by atoms with Crippen molar-refractivity contribution in [3.8, 4) is 0 Å². The molecule has 0 unspecified atom stereocenters. The number of hydrogen-bond donors (Lipinski definition) is 0. The summed E-state index contributed by atoms with van der Waals surface area (Å²) < 4.78 is 52.1. The van der Waals surface area contributed by atoms with E-state index in [0.29, 0.717) is 36.7 Å². The minimum atomic E-state index is -3.01. The van der Waals surface area contributed by atoms with E-state index in [2.05, 4.69) is 10.1 Å². The molecule has 0 aromatic carbocycles. The average Bonchev–Trinajstić information content (AvgIpc) is 3.29. The second kappa shape index (κ2) is 8.56. The van der Waals surface area contributed by atoms with Gasteiger partial charge in [-0.1, -0.05) is 0 Å². The molecule has 0 N–H and O–H groups in total. The lowest BCUT2D eigenvalue weighted by molar-refractivity contribution is -0.133. The third-order valence-electron chi connectivity index (χ3n) is 4.48. The lowest BCUT2D eigenvalue weighted by Gasteiger charge is -2.31. The van der Waals surface area contributed by atoms with Gasteiger partial charge in [-0.15, -0.1) is 11.3 Å². The zero-order chi connectivity index (χ0) is 20.4. The highest BCUT2D eigenvalue weighted by Crippen LogP contribution is 2.31. The summed E-state index contributed by atoms with van der Waals surface area (Å²) in [6, 6.07) is 0.618. The summed E-state index contributed by atoms with van der Waals surface area (Å²) in [4.78, 5) is 29.2. The van der Waals surface area contributed by atoms with Gasteiger partial charge < -0.3 is 4.90 Å². The van der Waals surface area contributed by atoms with Gasteiger partial charge in [0.25, 0.3) is 18.1 Å². The number of aromatic nitrogens is 3. The lowest BCUT2D eigenvalue weighted by Crippen LogP contribution is -2.40. The van der Waals surface area contributed by atoms with Crippen LogP contribution in [0.4, 0.5) is 17.6 Å². The summed E-state index contributed by atoms with van der Waals surface area (Å²) in [6.07, 6.45) is -4.84. The van der Waals surface area contributed by atoms with Gasteiger partial charge in [0.15, 0.2) is 0 Å². The summed E-state index contributed by atoms with van der Waals surface area (Å²) in [7, 11) is 0. The maximum absolute atomic E-state index is 13.0. The van der Waals surface area contributed by atoms with E-state index in [1.807, 2.05) is 0 Å². The summed E-state index contributed by atoms with van der Waals surface area (Å²) in [6.45, 7) is 0.194. The van der Waals surface area contributed by atoms with Crippen LogP contribution in [0, 0.1) is 0 Å². The molecule has 28 heavy (non-hydrogen) atoms. The molecule has 0 atom stereocenters. The van der Waals surface area contributed by atoms with Crippen molar-refractivity contribution in [1.29, 1.82) is 0 Å². The highest BCUT2D eigenvalue weighted by Gasteiger charge is 2.28. The Bertz CT molecular complexity index is 865. The summed E-state index contributed by atoms with van der Waals surface area (Å²) in [5.41, 5.74) is -1.30. The fraction of sp³-hybridized carbons (Fsp3) is 0.500. The molecule has 0 aliphatic carbocycles. The van der Waals surface area contributed by atoms with Gasteiger partial charge in [0.05, 0.1) is 5.01 Å². The molecule has 0 spiro atoms. The van der Waals surface area contributed by atoms with E-state index < -0.39 is 41.9 Å². The average molecular weight is 439 g/mol. The van der Waals surface area contributed by atoms with Gasteiger partial charge in [0, 0.05) is 24.4 Å². The fourth-order valence-corrected chi connectivity index (χ4v) is 4.16. The Balaban J connectivity index is 1.62. The van der Waals surface area contributed by atoms with E-state index in [1.165, 1.54) is 16.2 Å². The molecular weight excluding hydrogens is 424 g/mol. The molecule has 6 nitrogen and oxygen atoms in total. The molecule has 2 aromatic rings. The van der Waals surface area contributed by atoms with Crippen molar-refractivity contribution in [3.63, 3.8) is 0 Å². The highest BCUT2D eigenvalue weighted by atomic mass is 35.5. The number of nitrogens with zero attached hydrogens (tertiary/aromatic N) is 4. The van der Waals surface area contributed by atoms with Crippen molar-refractivity contribution in [2.24, 2.45) is 0 Å². The number of thiazole rings is 1. The number of piperidine rings is 1. The fourth-order valence-electron chi connectivity index (χ4n) is 3.03. The van der Waals surface area contributed by atoms with Crippen molar-refractivity contribution >= 4 is 34.1 Å². The normalized spacial score (nSPS) is 15.6. The zero-order valence-electron chi connectivity index (χ0n) is 14.3. The molecule has 1 aliphatic heterocycles. The van der Waals surface area contributed by atoms with Crippen molar-refractivity contribution in [2.75, 3.05) is 13.1 Å². The van der Waals surface area contributed by atoms with Crippen LogP contribution in [0.15, 0.2) is 11.4 Å². The second-order valence-electron chi connectivity index (χ2n) is 6.25. The Kier molecular flexibility index (Phi) is 6.33. The van der Waals surface area contributed by atoms with Crippen molar-refractivity contribution in [2.45, 2.75) is 38.2 Å². The molecule has 0 radical (unpaired) electrons. The van der Waals surface area contributed by atoms with Crippen LogP contribution < -0.4 is 0 Å². The molecular formula is C16H15ClF4N4O2S. The number of halogens is 5. The topological polar surface area (TPSA) is 68.1 Å². The molecule has 1 amide bonds. The molecule has 12 heteroatoms. The Morgan fingerprint density at radius 3 is 2.43 bits per heavy atom. The molecule has 1 aliphatic rings. The van der Waals surface area contributed by atoms with Crippen LogP contribution in [0.2, 0.25) is 0 Å². The van der Waals surface area contributed by atoms with E-state index in [0.717, 1.165) is 5.01 Å². The van der Waals surface area contributed by atoms with Crippen LogP contribution in [0.5, 0.6) is 0 Å². The number of likely N-dealkylation sites (tertiary alicyclic amines) is 1. The largest absolute Gasteiger partial charge is 0.341 e. The summed E-state index contributed by atoms with van der Waals surface area (Å²) in [5.74, 6) is -0.411. The third kappa shape index (κ3) is 4.52. The number of hydrogen-bond acceptors (Lipinski definition) is 5. The SMILES string of the molecule is O=C(Cl)c1csc(C2CCN(C(=O)Cn3nc(C(F)F)cc3C(F)F)CC2)n1. The van der Waals surface area contributed by atoms with Crippen LogP contribution >= 0.6 is 22.9 Å². The van der Waals surface area contributed by atoms with E-state index in [-0.39, 0.29) is 11.6 Å². The maximum Gasteiger partial charge on any atom is 0.282 e. The number of carbonyl (C=O) groups is 2. The first-order valence-electron chi connectivity index (χ1n) is 8.33. The molecule has 3 heterocycles. The van der Waals surface area contributed by atoms with Gasteiger partial charge in [0.1, 0.15) is 23.6 Å². The first kappa shape index (κ1) is 20.7. The van der Waals surface area contributed by atoms with Crippen LogP contribution in [0.1, 0.15) is 58.5 Å². The molecule has 152 valence electrons. The van der Waals surface area contributed by atoms with Crippen LogP contribution in [0.25, 0.3) is 0 Å². The predicted molar refractivity (Wildman–Crippen MR) is 93.0 cm³/mol. The molecule has 0 saturated carbocycles. The van der Waals surface area contributed by atoms with E-state index in [4.69, 9.17) is 11.6 Å². The standard InChI is InChI=1S/C16H15ClF4N4O2S/c17-13(27)10-7-28-16(22-10)8-1-3-24(4-2-8)12(26)6-25-11(15(20)21)5-9(23-25)14(18)19/h5,7-8,14-15H,1-4,6H2. The van der Waals surface area contributed by atoms with Crippen molar-refractivity contribution in [1.82, 2.24) is 19.7 Å². The van der Waals surface area contributed by atoms with Gasteiger partial charge >= 0.3 is 0 Å². The number of rotatable bonds is 6. The van der Waals surface area contributed by atoms with Gasteiger partial charge in [-0.2, -0.15) is 5.10 Å². The Labute approximate surface area is 166 Å². The summed E-state index contributed by atoms with van der Waals surface area (Å²) >= 11 is 6.72. The summed E-state index contributed by atoms with van der Waals surface area (Å²) in [5, 5.41) is 5.13. The zero-order valence-corrected chi connectivity index (χ0v) is 15.9. The van der Waals surface area contributed by atoms with E-state index in [9.17, 15) is 27.2 Å². The molecule has 0 bridgehead atoms. The number of alkyl halides is 4. The Morgan fingerprint density at radius 1 is 1.21 bits per heavy atom. The minimum Gasteiger partial charge on any atom is -0.341 e. The Morgan fingerprint density at radius 2 is 1.89 bits per heavy atom. The van der Waals surface area contributed by atoms with Crippen LogP contribution in [-0.4, -0.2) is 43.9 Å². The van der Waals surface area contributed by atoms with Crippen LogP contribution in [-0.2, 0) is 11.3 Å². The minimum absolute atomic E-state index is 0.0607. The van der Waals surface area contributed by atoms with Crippen molar-refractivity contribution in [3.05, 3.63) is 33.5 Å². The van der Waals surface area contributed by atoms with E-state index in [1.54, 1.807) is 5.38 Å². The predicted octanol–water partition coefficient (Wildman–Crippen LogP) is 4.00. The first-order chi connectivity index (χ1) is 13.3. The molecule has 3 rings (SSSR count).